The highest BCUT2D eigenvalue weighted by molar-refractivity contribution is 7.90. The van der Waals surface area contributed by atoms with Crippen molar-refractivity contribution in [2.24, 2.45) is 0 Å². The highest BCUT2D eigenvalue weighted by atomic mass is 35.5. The van der Waals surface area contributed by atoms with Crippen LogP contribution in [-0.2, 0) is 14.6 Å². The summed E-state index contributed by atoms with van der Waals surface area (Å²) in [5.74, 6) is -0.322. The number of rotatable bonds is 7. The van der Waals surface area contributed by atoms with Crippen LogP contribution in [0.15, 0.2) is 71.6 Å². The van der Waals surface area contributed by atoms with Crippen LogP contribution in [0.5, 0.6) is 0 Å². The van der Waals surface area contributed by atoms with Crippen molar-refractivity contribution < 1.29 is 13.2 Å². The van der Waals surface area contributed by atoms with Crippen LogP contribution < -0.4 is 10.6 Å². The molecular formula is C24H25ClN2O3S. The van der Waals surface area contributed by atoms with Gasteiger partial charge in [0, 0.05) is 6.26 Å². The summed E-state index contributed by atoms with van der Waals surface area (Å²) in [7, 11) is -3.41. The number of halogens is 1. The van der Waals surface area contributed by atoms with Crippen LogP contribution in [0.2, 0.25) is 5.02 Å². The van der Waals surface area contributed by atoms with Crippen molar-refractivity contribution in [3.63, 3.8) is 0 Å². The van der Waals surface area contributed by atoms with Crippen LogP contribution in [-0.4, -0.2) is 27.1 Å². The summed E-state index contributed by atoms with van der Waals surface area (Å²) in [5, 5.41) is 6.29. The molecule has 0 saturated carbocycles. The molecule has 0 bridgehead atoms. The van der Waals surface area contributed by atoms with Crippen molar-refractivity contribution in [2.45, 2.75) is 24.8 Å². The Kier molecular flexibility index (Phi) is 7.15. The molecule has 0 aliphatic carbocycles. The lowest BCUT2D eigenvalue weighted by Gasteiger charge is -2.21. The van der Waals surface area contributed by atoms with Crippen molar-refractivity contribution in [1.29, 1.82) is 0 Å². The van der Waals surface area contributed by atoms with Gasteiger partial charge < -0.3 is 5.32 Å². The number of nitrogens with one attached hydrogen (secondary N) is 2. The molecule has 0 spiro atoms. The van der Waals surface area contributed by atoms with E-state index >= 15 is 0 Å². The Bertz CT molecular complexity index is 1190. The summed E-state index contributed by atoms with van der Waals surface area (Å²) in [6.07, 6.45) is 1.11. The minimum Gasteiger partial charge on any atom is -0.324 e. The van der Waals surface area contributed by atoms with E-state index in [2.05, 4.69) is 42.7 Å². The molecule has 0 aromatic heterocycles. The summed E-state index contributed by atoms with van der Waals surface area (Å²) in [4.78, 5) is 12.7. The van der Waals surface area contributed by atoms with E-state index < -0.39 is 9.84 Å². The highest BCUT2D eigenvalue weighted by Gasteiger charge is 2.17. The molecule has 5 nitrogen and oxygen atoms in total. The van der Waals surface area contributed by atoms with Gasteiger partial charge in [-0.1, -0.05) is 60.1 Å². The average molecular weight is 457 g/mol. The van der Waals surface area contributed by atoms with Crippen LogP contribution >= 0.6 is 11.6 Å². The lowest BCUT2D eigenvalue weighted by atomic mass is 9.95. The number of sulfone groups is 1. The van der Waals surface area contributed by atoms with Gasteiger partial charge in [-0.2, -0.15) is 0 Å². The van der Waals surface area contributed by atoms with Crippen molar-refractivity contribution in [3.05, 3.63) is 94.0 Å². The minimum atomic E-state index is -3.41. The minimum absolute atomic E-state index is 0.0198. The van der Waals surface area contributed by atoms with Gasteiger partial charge in [0.2, 0.25) is 5.91 Å². The molecular weight excluding hydrogens is 432 g/mol. The lowest BCUT2D eigenvalue weighted by molar-refractivity contribution is -0.115. The summed E-state index contributed by atoms with van der Waals surface area (Å²) in [5.41, 5.74) is 4.73. The summed E-state index contributed by atoms with van der Waals surface area (Å²) >= 11 is 6.15. The largest absolute Gasteiger partial charge is 0.324 e. The zero-order chi connectivity index (χ0) is 22.6. The maximum atomic E-state index is 12.6. The Labute approximate surface area is 188 Å². The van der Waals surface area contributed by atoms with E-state index in [0.717, 1.165) is 17.4 Å². The van der Waals surface area contributed by atoms with E-state index in [-0.39, 0.29) is 34.1 Å². The van der Waals surface area contributed by atoms with E-state index in [1.807, 2.05) is 30.3 Å². The molecule has 7 heteroatoms. The molecule has 0 aliphatic heterocycles. The maximum Gasteiger partial charge on any atom is 0.238 e. The fourth-order valence-corrected chi connectivity index (χ4v) is 4.05. The molecule has 0 aliphatic rings. The van der Waals surface area contributed by atoms with Crippen LogP contribution in [0.1, 0.15) is 28.3 Å². The van der Waals surface area contributed by atoms with Crippen LogP contribution in [0.25, 0.3) is 0 Å². The lowest BCUT2D eigenvalue weighted by Crippen LogP contribution is -2.32. The number of hydrogen-bond donors (Lipinski definition) is 2. The quantitative estimate of drug-likeness (QED) is 0.541. The van der Waals surface area contributed by atoms with E-state index in [1.165, 1.54) is 29.3 Å². The smallest absolute Gasteiger partial charge is 0.238 e. The van der Waals surface area contributed by atoms with Gasteiger partial charge in [-0.05, 0) is 54.3 Å². The van der Waals surface area contributed by atoms with Gasteiger partial charge in [0.1, 0.15) is 0 Å². The standard InChI is InChI=1S/C24H25ClN2O3S/c1-16-9-10-19(13-17(16)2)24(18-7-5-4-6-8-18)26-15-23(28)27-22-14-20(31(3,29)30)11-12-21(22)25/h4-14,24,26H,15H2,1-3H3,(H,27,28). The van der Waals surface area contributed by atoms with Crippen molar-refractivity contribution in [1.82, 2.24) is 5.32 Å². The second-order valence-corrected chi connectivity index (χ2v) is 9.95. The molecule has 3 aromatic carbocycles. The van der Waals surface area contributed by atoms with Crippen molar-refractivity contribution in [3.8, 4) is 0 Å². The third-order valence-electron chi connectivity index (χ3n) is 5.10. The van der Waals surface area contributed by atoms with Crippen molar-refractivity contribution >= 4 is 33.0 Å². The molecule has 31 heavy (non-hydrogen) atoms. The van der Waals surface area contributed by atoms with E-state index in [4.69, 9.17) is 11.6 Å². The van der Waals surface area contributed by atoms with Crippen LogP contribution in [0.4, 0.5) is 5.69 Å². The molecule has 3 rings (SSSR count). The fourth-order valence-electron chi connectivity index (χ4n) is 3.24. The van der Waals surface area contributed by atoms with E-state index in [0.29, 0.717) is 0 Å². The van der Waals surface area contributed by atoms with Gasteiger partial charge >= 0.3 is 0 Å². The SMILES string of the molecule is Cc1ccc(C(NCC(=O)Nc2cc(S(C)(=O)=O)ccc2Cl)c2ccccc2)cc1C. The van der Waals surface area contributed by atoms with E-state index in [9.17, 15) is 13.2 Å². The van der Waals surface area contributed by atoms with Crippen LogP contribution in [0.3, 0.4) is 0 Å². The van der Waals surface area contributed by atoms with E-state index in [1.54, 1.807) is 0 Å². The monoisotopic (exact) mass is 456 g/mol. The van der Waals surface area contributed by atoms with Gasteiger partial charge in [0.15, 0.2) is 9.84 Å². The predicted octanol–water partition coefficient (Wildman–Crippen LogP) is 4.68. The molecule has 1 atom stereocenters. The first-order valence-electron chi connectivity index (χ1n) is 9.80. The number of aryl methyl sites for hydroxylation is 2. The molecule has 2 N–H and O–H groups in total. The number of benzene rings is 3. The number of anilines is 1. The Morgan fingerprint density at radius 2 is 1.65 bits per heavy atom. The van der Waals surface area contributed by atoms with Crippen molar-refractivity contribution in [2.75, 3.05) is 18.1 Å². The van der Waals surface area contributed by atoms with Crippen LogP contribution in [0, 0.1) is 13.8 Å². The molecule has 0 saturated heterocycles. The van der Waals surface area contributed by atoms with Gasteiger partial charge in [0.05, 0.1) is 28.2 Å². The molecule has 0 radical (unpaired) electrons. The first-order chi connectivity index (χ1) is 14.6. The van der Waals surface area contributed by atoms with Gasteiger partial charge in [0.25, 0.3) is 0 Å². The second kappa shape index (κ2) is 9.64. The zero-order valence-corrected chi connectivity index (χ0v) is 19.2. The number of amides is 1. The Morgan fingerprint density at radius 3 is 2.29 bits per heavy atom. The molecule has 1 unspecified atom stereocenters. The zero-order valence-electron chi connectivity index (χ0n) is 17.6. The number of carbonyl (C=O) groups excluding carboxylic acids is 1. The second-order valence-electron chi connectivity index (χ2n) is 7.53. The first kappa shape index (κ1) is 23.0. The molecule has 0 heterocycles. The highest BCUT2D eigenvalue weighted by Crippen LogP contribution is 2.26. The topological polar surface area (TPSA) is 75.3 Å². The number of carbonyl (C=O) groups is 1. The average Bonchev–Trinajstić information content (AvgIpc) is 2.72. The van der Waals surface area contributed by atoms with Gasteiger partial charge in [-0.15, -0.1) is 0 Å². The molecule has 1 amide bonds. The van der Waals surface area contributed by atoms with Gasteiger partial charge in [-0.25, -0.2) is 8.42 Å². The Balaban J connectivity index is 1.79. The number of hydrogen-bond acceptors (Lipinski definition) is 4. The third-order valence-corrected chi connectivity index (χ3v) is 6.54. The summed E-state index contributed by atoms with van der Waals surface area (Å²) < 4.78 is 23.6. The summed E-state index contributed by atoms with van der Waals surface area (Å²) in [6, 6.07) is 20.2. The summed E-state index contributed by atoms with van der Waals surface area (Å²) in [6.45, 7) is 4.14. The molecule has 162 valence electrons. The predicted molar refractivity (Wildman–Crippen MR) is 125 cm³/mol. The van der Waals surface area contributed by atoms with Gasteiger partial charge in [-0.3, -0.25) is 10.1 Å². The normalized spacial score (nSPS) is 12.4. The molecule has 3 aromatic rings. The fraction of sp³-hybridized carbons (Fsp3) is 0.208. The third kappa shape index (κ3) is 5.94. The molecule has 0 fully saturated rings. The Hall–Kier alpha value is -2.67. The maximum absolute atomic E-state index is 12.6. The Morgan fingerprint density at radius 1 is 0.935 bits per heavy atom. The first-order valence-corrected chi connectivity index (χ1v) is 12.1.